The fraction of sp³-hybridized carbons (Fsp3) is 0.269. The molecule has 3 fully saturated rings. The highest BCUT2D eigenvalue weighted by atomic mass is 35.5. The molecule has 3 saturated carbocycles. The molecule has 504 valence electrons. The van der Waals surface area contributed by atoms with E-state index in [0.717, 1.165) is 101 Å². The first kappa shape index (κ1) is 66.9. The quantitative estimate of drug-likeness (QED) is 0.0706. The lowest BCUT2D eigenvalue weighted by Gasteiger charge is -2.15. The third-order valence-corrected chi connectivity index (χ3v) is 18.8. The molecule has 0 spiro atoms. The summed E-state index contributed by atoms with van der Waals surface area (Å²) in [7, 11) is 1.63. The maximum absolute atomic E-state index is 14.0. The Hall–Kier alpha value is -10.7. The molecule has 0 aliphatic heterocycles. The molecule has 99 heavy (non-hydrogen) atoms. The predicted octanol–water partition coefficient (Wildman–Crippen LogP) is 18.6. The Balaban J connectivity index is 0.000000133. The molecule has 0 saturated heterocycles. The second kappa shape index (κ2) is 30.8. The molecule has 3 aromatic carbocycles. The molecule has 0 radical (unpaired) electrons. The van der Waals surface area contributed by atoms with Crippen LogP contribution in [0.3, 0.4) is 0 Å². The number of hydrogen-bond acceptors (Lipinski definition) is 13. The van der Waals surface area contributed by atoms with E-state index in [1.807, 2.05) is 73.6 Å². The maximum atomic E-state index is 14.0. The van der Waals surface area contributed by atoms with Gasteiger partial charge in [-0.3, -0.25) is 29.3 Å². The van der Waals surface area contributed by atoms with E-state index in [-0.39, 0.29) is 47.4 Å². The van der Waals surface area contributed by atoms with Crippen molar-refractivity contribution < 1.29 is 45.5 Å². The van der Waals surface area contributed by atoms with E-state index in [2.05, 4.69) is 70.1 Å². The molecule has 0 bridgehead atoms. The average Bonchev–Trinajstić information content (AvgIpc) is 1.63. The number of halogens is 4. The SMILES string of the molecule is COc1ccc(-c2ncn(C3CCCC3)c2-c2ccc(C(=O)Nc3ccncc3F)o2)cc1.Cc1ccc(-c2ncn(CC3CCCC3)c2-c2ccc(C(=O)Cc3ccncc3F)o2)cc1.O=C(Cc1ccncc1F)c1ccc(-c2c(-c3ccc(Cl)cc3)ncn2CC2CCCC2)o1. The van der Waals surface area contributed by atoms with Crippen molar-refractivity contribution in [3.05, 3.63) is 240 Å². The van der Waals surface area contributed by atoms with Gasteiger partial charge >= 0.3 is 0 Å². The summed E-state index contributed by atoms with van der Waals surface area (Å²) in [4.78, 5) is 63.6. The first-order chi connectivity index (χ1) is 48.3. The van der Waals surface area contributed by atoms with Crippen LogP contribution < -0.4 is 10.1 Å². The lowest BCUT2D eigenvalue weighted by Crippen LogP contribution is -2.12. The van der Waals surface area contributed by atoms with Crippen LogP contribution in [0.2, 0.25) is 5.02 Å². The summed E-state index contributed by atoms with van der Waals surface area (Å²) < 4.78 is 71.5. The zero-order valence-corrected chi connectivity index (χ0v) is 55.5. The number of nitrogens with zero attached hydrogens (tertiary/aromatic N) is 9. The molecule has 3 aliphatic rings. The molecule has 15 rings (SSSR count). The van der Waals surface area contributed by atoms with Crippen LogP contribution in [0, 0.1) is 36.2 Å². The Morgan fingerprint density at radius 2 is 0.929 bits per heavy atom. The van der Waals surface area contributed by atoms with E-state index >= 15 is 0 Å². The summed E-state index contributed by atoms with van der Waals surface area (Å²) in [6.45, 7) is 3.78. The number of pyridine rings is 3. The summed E-state index contributed by atoms with van der Waals surface area (Å²) >= 11 is 6.08. The van der Waals surface area contributed by atoms with Crippen molar-refractivity contribution >= 4 is 34.8 Å². The second-order valence-corrected chi connectivity index (χ2v) is 25.7. The summed E-state index contributed by atoms with van der Waals surface area (Å²) in [5.41, 5.74) is 9.57. The standard InChI is InChI=1S/C27H26FN3O2.C26H23ClFN3O2.C25H23FN4O3/c1-18-6-8-20(9-7-18)26-27(31(17-30-26)16-19-4-2-3-5-19)25-11-10-24(33-25)23(32)14-21-12-13-29-15-22(21)28;27-20-7-5-18(6-8-20)25-26(31(16-30-25)15-17-3-1-2-4-17)24-10-9-23(33-24)22(32)13-19-11-12-29-14-21(19)28;1-32-18-8-6-16(7-9-18)23-24(30(15-28-23)17-4-2-3-5-17)21-10-11-22(33-21)25(31)29-20-12-13-27-14-19(20)26/h6-13,15,17,19H,2-5,14,16H2,1H3;5-12,14,16-17H,1-4,13,15H2;6-15,17H,2-5H2,1H3,(H,27,29,31). The third kappa shape index (κ3) is 15.7. The van der Waals surface area contributed by atoms with Crippen molar-refractivity contribution in [1.82, 2.24) is 43.6 Å². The van der Waals surface area contributed by atoms with E-state index < -0.39 is 23.4 Å². The minimum atomic E-state index is -0.612. The zero-order chi connectivity index (χ0) is 68.4. The normalized spacial score (nSPS) is 14.0. The molecule has 9 aromatic heterocycles. The van der Waals surface area contributed by atoms with Crippen LogP contribution in [-0.4, -0.2) is 68.2 Å². The van der Waals surface area contributed by atoms with E-state index in [9.17, 15) is 27.6 Å². The van der Waals surface area contributed by atoms with Crippen molar-refractivity contribution in [2.24, 2.45) is 11.8 Å². The fourth-order valence-corrected chi connectivity index (χ4v) is 13.5. The lowest BCUT2D eigenvalue weighted by molar-refractivity contribution is 0.0958. The lowest BCUT2D eigenvalue weighted by atomic mass is 10.1. The first-order valence-corrected chi connectivity index (χ1v) is 33.8. The number of Topliss-reactive ketones (excluding diaryl/α,β-unsaturated/α-hetero) is 2. The fourth-order valence-electron chi connectivity index (χ4n) is 13.4. The number of ether oxygens (including phenoxy) is 1. The number of aryl methyl sites for hydroxylation is 1. The molecule has 21 heteroatoms. The van der Waals surface area contributed by atoms with Gasteiger partial charge in [0.2, 0.25) is 11.6 Å². The van der Waals surface area contributed by atoms with Crippen molar-refractivity contribution in [1.29, 1.82) is 0 Å². The summed E-state index contributed by atoms with van der Waals surface area (Å²) in [5, 5.41) is 3.18. The van der Waals surface area contributed by atoms with Crippen molar-refractivity contribution in [2.75, 3.05) is 12.4 Å². The highest BCUT2D eigenvalue weighted by molar-refractivity contribution is 6.30. The number of ketones is 2. The highest BCUT2D eigenvalue weighted by Crippen LogP contribution is 2.41. The Kier molecular flexibility index (Phi) is 20.8. The van der Waals surface area contributed by atoms with Gasteiger partial charge in [-0.1, -0.05) is 92.1 Å². The van der Waals surface area contributed by atoms with Crippen molar-refractivity contribution in [3.8, 4) is 73.9 Å². The van der Waals surface area contributed by atoms with Crippen LogP contribution in [0.25, 0.3) is 68.1 Å². The topological polar surface area (TPSA) is 204 Å². The number of hydrogen-bond donors (Lipinski definition) is 1. The molecule has 0 unspecified atom stereocenters. The van der Waals surface area contributed by atoms with Crippen LogP contribution in [0.15, 0.2) is 197 Å². The van der Waals surface area contributed by atoms with Gasteiger partial charge in [-0.05, 0) is 159 Å². The van der Waals surface area contributed by atoms with E-state index in [4.69, 9.17) is 39.6 Å². The van der Waals surface area contributed by atoms with E-state index in [1.54, 1.807) is 37.4 Å². The van der Waals surface area contributed by atoms with E-state index in [1.165, 1.54) is 107 Å². The maximum Gasteiger partial charge on any atom is 0.291 e. The molecule has 0 atom stereocenters. The first-order valence-electron chi connectivity index (χ1n) is 33.4. The Morgan fingerprint density at radius 1 is 0.505 bits per heavy atom. The van der Waals surface area contributed by atoms with Crippen LogP contribution in [0.5, 0.6) is 5.75 Å². The largest absolute Gasteiger partial charge is 0.497 e. The number of nitrogens with one attached hydrogen (secondary N) is 1. The predicted molar refractivity (Wildman–Crippen MR) is 370 cm³/mol. The van der Waals surface area contributed by atoms with Gasteiger partial charge in [-0.2, -0.15) is 0 Å². The van der Waals surface area contributed by atoms with Gasteiger partial charge in [-0.15, -0.1) is 0 Å². The number of benzene rings is 3. The highest BCUT2D eigenvalue weighted by Gasteiger charge is 2.29. The van der Waals surface area contributed by atoms with Crippen LogP contribution in [0.1, 0.15) is 131 Å². The Bertz CT molecular complexity index is 4560. The van der Waals surface area contributed by atoms with Crippen LogP contribution in [-0.2, 0) is 25.9 Å². The molecular weight excluding hydrogens is 1280 g/mol. The van der Waals surface area contributed by atoms with Crippen molar-refractivity contribution in [3.63, 3.8) is 0 Å². The molecule has 1 amide bonds. The number of anilines is 1. The Morgan fingerprint density at radius 3 is 1.42 bits per heavy atom. The number of rotatable bonds is 20. The zero-order valence-electron chi connectivity index (χ0n) is 54.8. The number of imidazole rings is 3. The number of furan rings is 3. The van der Waals surface area contributed by atoms with Gasteiger partial charge in [0.1, 0.15) is 34.5 Å². The van der Waals surface area contributed by atoms with E-state index in [0.29, 0.717) is 51.3 Å². The van der Waals surface area contributed by atoms with Gasteiger partial charge in [0, 0.05) is 72.3 Å². The molecule has 12 aromatic rings. The van der Waals surface area contributed by atoms with Gasteiger partial charge in [-0.25, -0.2) is 28.1 Å². The minimum Gasteiger partial charge on any atom is -0.497 e. The number of aromatic nitrogens is 9. The molecule has 1 N–H and O–H groups in total. The van der Waals surface area contributed by atoms with Crippen molar-refractivity contribution in [2.45, 2.75) is 116 Å². The van der Waals surface area contributed by atoms with Gasteiger partial charge < -0.3 is 37.0 Å². The molecule has 9 heterocycles. The third-order valence-electron chi connectivity index (χ3n) is 18.6. The molecule has 17 nitrogen and oxygen atoms in total. The summed E-state index contributed by atoms with van der Waals surface area (Å²) in [6.07, 6.45) is 27.4. The molecular formula is C78H72ClF3N10O7. The minimum absolute atomic E-state index is 0.0443. The number of carbonyl (C=O) groups is 3. The average molecular weight is 1350 g/mol. The van der Waals surface area contributed by atoms with Gasteiger partial charge in [0.15, 0.2) is 40.4 Å². The monoisotopic (exact) mass is 1350 g/mol. The molecule has 3 aliphatic carbocycles. The number of carbonyl (C=O) groups excluding carboxylic acids is 3. The summed E-state index contributed by atoms with van der Waals surface area (Å²) in [6, 6.07) is 38.5. The van der Waals surface area contributed by atoms with Gasteiger partial charge in [0.25, 0.3) is 5.91 Å². The van der Waals surface area contributed by atoms with Crippen LogP contribution in [0.4, 0.5) is 18.9 Å². The number of amides is 1. The smallest absolute Gasteiger partial charge is 0.291 e. The second-order valence-electron chi connectivity index (χ2n) is 25.3. The van der Waals surface area contributed by atoms with Crippen LogP contribution >= 0.6 is 11.6 Å². The van der Waals surface area contributed by atoms with Gasteiger partial charge in [0.05, 0.1) is 67.5 Å². The summed E-state index contributed by atoms with van der Waals surface area (Å²) in [5.74, 6) is 1.45. The number of methoxy groups -OCH3 is 1. The Labute approximate surface area is 575 Å².